The third-order valence-corrected chi connectivity index (χ3v) is 4.71. The number of rotatable bonds is 3. The first-order chi connectivity index (χ1) is 14.2. The van der Waals surface area contributed by atoms with Crippen molar-refractivity contribution in [3.8, 4) is 11.4 Å². The van der Waals surface area contributed by atoms with Gasteiger partial charge in [-0.05, 0) is 23.1 Å². The highest BCUT2D eigenvalue weighted by Crippen LogP contribution is 2.25. The van der Waals surface area contributed by atoms with Crippen molar-refractivity contribution in [1.29, 1.82) is 0 Å². The van der Waals surface area contributed by atoms with E-state index in [0.717, 1.165) is 5.56 Å². The van der Waals surface area contributed by atoms with Crippen LogP contribution in [0.25, 0.3) is 17.2 Å². The van der Waals surface area contributed by atoms with Gasteiger partial charge in [-0.25, -0.2) is 4.39 Å². The van der Waals surface area contributed by atoms with Gasteiger partial charge in [-0.3, -0.25) is 14.6 Å². The summed E-state index contributed by atoms with van der Waals surface area (Å²) >= 11 is 0. The van der Waals surface area contributed by atoms with Crippen LogP contribution in [0.3, 0.4) is 0 Å². The molecular weight excluding hydrogens is 385 g/mol. The van der Waals surface area contributed by atoms with Crippen molar-refractivity contribution < 1.29 is 9.18 Å². The molecule has 0 aliphatic rings. The zero-order chi connectivity index (χ0) is 21.5. The standard InChI is InChI=1S/C22H20FN5O2/c1-22(2,3)14-10-8-13(9-11-14)19-26-21-25-18(29)12-17(28(21)27-19)24-20(30)15-6-4-5-7-16(15)23/h4-12H,1-3H3,(H,24,30)(H,25,26,27,29). The Morgan fingerprint density at radius 1 is 1.10 bits per heavy atom. The topological polar surface area (TPSA) is 92.1 Å². The number of benzene rings is 2. The molecule has 30 heavy (non-hydrogen) atoms. The molecule has 4 rings (SSSR count). The van der Waals surface area contributed by atoms with Crippen LogP contribution in [0.15, 0.2) is 59.4 Å². The van der Waals surface area contributed by atoms with E-state index in [1.807, 2.05) is 24.3 Å². The Morgan fingerprint density at radius 3 is 2.47 bits per heavy atom. The first kappa shape index (κ1) is 19.5. The predicted molar refractivity (Wildman–Crippen MR) is 112 cm³/mol. The number of aromatic nitrogens is 4. The van der Waals surface area contributed by atoms with Crippen molar-refractivity contribution in [1.82, 2.24) is 19.6 Å². The largest absolute Gasteiger partial charge is 0.306 e. The normalized spacial score (nSPS) is 11.6. The quantitative estimate of drug-likeness (QED) is 0.543. The van der Waals surface area contributed by atoms with Gasteiger partial charge < -0.3 is 5.32 Å². The minimum atomic E-state index is -0.688. The van der Waals surface area contributed by atoms with Gasteiger partial charge in [0.15, 0.2) is 5.82 Å². The second kappa shape index (κ2) is 7.22. The van der Waals surface area contributed by atoms with Crippen LogP contribution in [0.1, 0.15) is 36.7 Å². The minimum absolute atomic E-state index is 0.0142. The van der Waals surface area contributed by atoms with Crippen LogP contribution in [0.5, 0.6) is 0 Å². The molecule has 2 aromatic heterocycles. The van der Waals surface area contributed by atoms with Crippen molar-refractivity contribution in [3.63, 3.8) is 0 Å². The number of aromatic amines is 1. The number of carbonyl (C=O) groups is 1. The van der Waals surface area contributed by atoms with Crippen molar-refractivity contribution in [2.24, 2.45) is 0 Å². The number of anilines is 1. The molecule has 0 saturated heterocycles. The average Bonchev–Trinajstić information content (AvgIpc) is 3.12. The molecule has 2 aromatic carbocycles. The molecule has 0 unspecified atom stereocenters. The van der Waals surface area contributed by atoms with Crippen LogP contribution in [0, 0.1) is 5.82 Å². The molecule has 0 saturated carbocycles. The van der Waals surface area contributed by atoms with Gasteiger partial charge in [-0.1, -0.05) is 57.2 Å². The van der Waals surface area contributed by atoms with E-state index in [-0.39, 0.29) is 22.6 Å². The van der Waals surface area contributed by atoms with E-state index in [1.54, 1.807) is 6.07 Å². The number of carbonyl (C=O) groups excluding carboxylic acids is 1. The Balaban J connectivity index is 1.72. The van der Waals surface area contributed by atoms with Gasteiger partial charge >= 0.3 is 0 Å². The zero-order valence-corrected chi connectivity index (χ0v) is 16.7. The second-order valence-corrected chi connectivity index (χ2v) is 7.95. The summed E-state index contributed by atoms with van der Waals surface area (Å²) in [7, 11) is 0. The van der Waals surface area contributed by atoms with E-state index in [2.05, 4.69) is 41.2 Å². The van der Waals surface area contributed by atoms with E-state index in [0.29, 0.717) is 5.82 Å². The van der Waals surface area contributed by atoms with Crippen LogP contribution in [0.2, 0.25) is 0 Å². The molecule has 2 heterocycles. The summed E-state index contributed by atoms with van der Waals surface area (Å²) in [6.45, 7) is 6.38. The molecule has 0 bridgehead atoms. The molecule has 152 valence electrons. The van der Waals surface area contributed by atoms with Gasteiger partial charge in [0.1, 0.15) is 11.6 Å². The Hall–Kier alpha value is -3.81. The number of nitrogens with one attached hydrogen (secondary N) is 2. The molecule has 0 fully saturated rings. The minimum Gasteiger partial charge on any atom is -0.306 e. The third kappa shape index (κ3) is 3.71. The molecule has 0 aliphatic carbocycles. The van der Waals surface area contributed by atoms with Crippen LogP contribution in [0.4, 0.5) is 10.2 Å². The van der Waals surface area contributed by atoms with E-state index < -0.39 is 17.3 Å². The SMILES string of the molecule is CC(C)(C)c1ccc(-c2nc3[nH]c(=O)cc(NC(=O)c4ccccc4F)n3n2)cc1. The number of halogens is 1. The van der Waals surface area contributed by atoms with E-state index in [9.17, 15) is 14.0 Å². The number of hydrogen-bond acceptors (Lipinski definition) is 4. The fourth-order valence-electron chi connectivity index (χ4n) is 3.05. The summed E-state index contributed by atoms with van der Waals surface area (Å²) in [5, 5.41) is 6.95. The van der Waals surface area contributed by atoms with E-state index >= 15 is 0 Å². The Labute approximate surface area is 171 Å². The Bertz CT molecular complexity index is 1300. The highest BCUT2D eigenvalue weighted by Gasteiger charge is 2.17. The first-order valence-corrected chi connectivity index (χ1v) is 9.39. The van der Waals surface area contributed by atoms with Crippen molar-refractivity contribution in [2.75, 3.05) is 5.32 Å². The number of H-pyrrole nitrogens is 1. The molecule has 0 spiro atoms. The van der Waals surface area contributed by atoms with Crippen LogP contribution >= 0.6 is 0 Å². The predicted octanol–water partition coefficient (Wildman–Crippen LogP) is 3.77. The molecular formula is C22H20FN5O2. The van der Waals surface area contributed by atoms with Gasteiger partial charge in [-0.15, -0.1) is 5.10 Å². The summed E-state index contributed by atoms with van der Waals surface area (Å²) in [5.41, 5.74) is 1.35. The van der Waals surface area contributed by atoms with Gasteiger partial charge in [0.05, 0.1) is 5.56 Å². The fourth-order valence-corrected chi connectivity index (χ4v) is 3.05. The Kier molecular flexibility index (Phi) is 4.69. The maximum Gasteiger partial charge on any atom is 0.259 e. The number of fused-ring (bicyclic) bond motifs is 1. The lowest BCUT2D eigenvalue weighted by Gasteiger charge is -2.18. The second-order valence-electron chi connectivity index (χ2n) is 7.95. The zero-order valence-electron chi connectivity index (χ0n) is 16.7. The molecule has 0 atom stereocenters. The van der Waals surface area contributed by atoms with Crippen LogP contribution in [-0.2, 0) is 5.41 Å². The smallest absolute Gasteiger partial charge is 0.259 e. The van der Waals surface area contributed by atoms with Gasteiger partial charge in [-0.2, -0.15) is 9.50 Å². The average molecular weight is 405 g/mol. The number of nitrogens with zero attached hydrogens (tertiary/aromatic N) is 3. The third-order valence-electron chi connectivity index (χ3n) is 4.71. The molecule has 7 nitrogen and oxygen atoms in total. The van der Waals surface area contributed by atoms with Crippen LogP contribution in [-0.4, -0.2) is 25.5 Å². The van der Waals surface area contributed by atoms with Gasteiger partial charge in [0, 0.05) is 11.6 Å². The molecule has 4 aromatic rings. The van der Waals surface area contributed by atoms with Crippen molar-refractivity contribution in [3.05, 3.63) is 81.9 Å². The lowest BCUT2D eigenvalue weighted by Crippen LogP contribution is -2.19. The molecule has 2 N–H and O–H groups in total. The molecule has 1 amide bonds. The lowest BCUT2D eigenvalue weighted by atomic mass is 9.87. The number of amides is 1. The summed E-state index contributed by atoms with van der Waals surface area (Å²) in [6, 6.07) is 14.6. The lowest BCUT2D eigenvalue weighted by molar-refractivity contribution is 0.102. The molecule has 8 heteroatoms. The summed E-state index contributed by atoms with van der Waals surface area (Å²) in [5.74, 6) is -0.701. The first-order valence-electron chi connectivity index (χ1n) is 9.39. The summed E-state index contributed by atoms with van der Waals surface area (Å²) < 4.78 is 15.2. The highest BCUT2D eigenvalue weighted by molar-refractivity contribution is 6.04. The van der Waals surface area contributed by atoms with Crippen molar-refractivity contribution in [2.45, 2.75) is 26.2 Å². The maximum absolute atomic E-state index is 13.9. The fraction of sp³-hybridized carbons (Fsp3) is 0.182. The van der Waals surface area contributed by atoms with Gasteiger partial charge in [0.25, 0.3) is 11.5 Å². The molecule has 0 radical (unpaired) electrons. The maximum atomic E-state index is 13.9. The highest BCUT2D eigenvalue weighted by atomic mass is 19.1. The Morgan fingerprint density at radius 2 is 1.80 bits per heavy atom. The summed E-state index contributed by atoms with van der Waals surface area (Å²) in [6.07, 6.45) is 0. The number of hydrogen-bond donors (Lipinski definition) is 2. The summed E-state index contributed by atoms with van der Waals surface area (Å²) in [4.78, 5) is 31.5. The van der Waals surface area contributed by atoms with Crippen molar-refractivity contribution >= 4 is 17.5 Å². The van der Waals surface area contributed by atoms with Crippen LogP contribution < -0.4 is 10.9 Å². The monoisotopic (exact) mass is 405 g/mol. The van der Waals surface area contributed by atoms with Gasteiger partial charge in [0.2, 0.25) is 5.78 Å². The molecule has 0 aliphatic heterocycles. The van der Waals surface area contributed by atoms with E-state index in [1.165, 1.54) is 34.3 Å². The van der Waals surface area contributed by atoms with E-state index in [4.69, 9.17) is 0 Å².